The van der Waals surface area contributed by atoms with Gasteiger partial charge in [0.15, 0.2) is 17.0 Å². The van der Waals surface area contributed by atoms with Crippen LogP contribution < -0.4 is 16.6 Å². The molecule has 0 bridgehead atoms. The van der Waals surface area contributed by atoms with Gasteiger partial charge in [-0.05, 0) is 37.2 Å². The number of nitrogens with zero attached hydrogens (tertiary/aromatic N) is 5. The van der Waals surface area contributed by atoms with Crippen LogP contribution in [-0.2, 0) is 11.8 Å². The zero-order valence-corrected chi connectivity index (χ0v) is 16.2. The Morgan fingerprint density at radius 1 is 1.14 bits per heavy atom. The number of rotatable bonds is 6. The standard InChI is InChI=1S/C19H23N7O3/c1-25-18(27)15-17(22-19(25)28)24-23-16(21-15)13-3-5-14(6-4-13)20-7-2-8-26-9-11-29-12-10-26/h3-6,20H,2,7-12H2,1H3,(H,22,24,28). The van der Waals surface area contributed by atoms with Crippen molar-refractivity contribution in [1.82, 2.24) is 29.6 Å². The smallest absolute Gasteiger partial charge is 0.329 e. The van der Waals surface area contributed by atoms with Gasteiger partial charge in [-0.15, -0.1) is 10.2 Å². The van der Waals surface area contributed by atoms with E-state index in [-0.39, 0.29) is 11.2 Å². The van der Waals surface area contributed by atoms with Gasteiger partial charge in [0.25, 0.3) is 5.56 Å². The first kappa shape index (κ1) is 19.2. The van der Waals surface area contributed by atoms with Crippen LogP contribution in [0.5, 0.6) is 0 Å². The van der Waals surface area contributed by atoms with Crippen LogP contribution in [0.2, 0.25) is 0 Å². The number of H-pyrrole nitrogens is 1. The summed E-state index contributed by atoms with van der Waals surface area (Å²) in [6.07, 6.45) is 1.06. The lowest BCUT2D eigenvalue weighted by molar-refractivity contribution is 0.0378. The molecule has 0 amide bonds. The average Bonchev–Trinajstić information content (AvgIpc) is 2.76. The lowest BCUT2D eigenvalue weighted by atomic mass is 10.2. The molecule has 10 nitrogen and oxygen atoms in total. The minimum atomic E-state index is -0.546. The van der Waals surface area contributed by atoms with Gasteiger partial charge in [0.1, 0.15) is 0 Å². The van der Waals surface area contributed by atoms with E-state index in [2.05, 4.69) is 30.4 Å². The van der Waals surface area contributed by atoms with Crippen molar-refractivity contribution in [3.8, 4) is 11.4 Å². The first-order valence-corrected chi connectivity index (χ1v) is 9.60. The molecular formula is C19H23N7O3. The van der Waals surface area contributed by atoms with E-state index in [4.69, 9.17) is 4.74 Å². The maximum Gasteiger partial charge on any atom is 0.329 e. The van der Waals surface area contributed by atoms with Crippen molar-refractivity contribution in [3.05, 3.63) is 45.1 Å². The molecule has 0 spiro atoms. The maximum absolute atomic E-state index is 12.2. The molecule has 1 aliphatic rings. The number of fused-ring (bicyclic) bond motifs is 1. The lowest BCUT2D eigenvalue weighted by Gasteiger charge is -2.26. The second kappa shape index (κ2) is 8.50. The fraction of sp³-hybridized carbons (Fsp3) is 0.421. The molecule has 0 atom stereocenters. The van der Waals surface area contributed by atoms with E-state index in [0.29, 0.717) is 5.82 Å². The first-order chi connectivity index (χ1) is 14.1. The molecule has 1 fully saturated rings. The Balaban J connectivity index is 1.41. The van der Waals surface area contributed by atoms with Crippen LogP contribution in [0, 0.1) is 0 Å². The van der Waals surface area contributed by atoms with Crippen molar-refractivity contribution in [2.75, 3.05) is 44.7 Å². The summed E-state index contributed by atoms with van der Waals surface area (Å²) in [5.74, 6) is 0.334. The van der Waals surface area contributed by atoms with Crippen molar-refractivity contribution in [1.29, 1.82) is 0 Å². The molecule has 29 heavy (non-hydrogen) atoms. The molecule has 10 heteroatoms. The molecular weight excluding hydrogens is 374 g/mol. The quantitative estimate of drug-likeness (QED) is 0.567. The highest BCUT2D eigenvalue weighted by Gasteiger charge is 2.11. The number of hydrogen-bond donors (Lipinski definition) is 2. The third-order valence-electron chi connectivity index (χ3n) is 4.95. The fourth-order valence-corrected chi connectivity index (χ4v) is 3.22. The van der Waals surface area contributed by atoms with Crippen molar-refractivity contribution in [2.24, 2.45) is 7.05 Å². The van der Waals surface area contributed by atoms with E-state index in [9.17, 15) is 9.59 Å². The Labute approximate surface area is 166 Å². The zero-order chi connectivity index (χ0) is 20.2. The van der Waals surface area contributed by atoms with E-state index < -0.39 is 11.2 Å². The van der Waals surface area contributed by atoms with Crippen LogP contribution in [0.3, 0.4) is 0 Å². The summed E-state index contributed by atoms with van der Waals surface area (Å²) in [5.41, 5.74) is 0.868. The van der Waals surface area contributed by atoms with Crippen LogP contribution in [0.1, 0.15) is 6.42 Å². The van der Waals surface area contributed by atoms with Gasteiger partial charge in [0, 0.05) is 37.9 Å². The molecule has 1 saturated heterocycles. The number of anilines is 1. The minimum absolute atomic E-state index is 0.0837. The van der Waals surface area contributed by atoms with Gasteiger partial charge < -0.3 is 10.1 Å². The van der Waals surface area contributed by atoms with Gasteiger partial charge in [-0.3, -0.25) is 19.2 Å². The second-order valence-corrected chi connectivity index (χ2v) is 6.94. The Hall–Kier alpha value is -3.11. The highest BCUT2D eigenvalue weighted by Crippen LogP contribution is 2.18. The topological polar surface area (TPSA) is 118 Å². The Morgan fingerprint density at radius 3 is 2.66 bits per heavy atom. The van der Waals surface area contributed by atoms with E-state index >= 15 is 0 Å². The molecule has 2 N–H and O–H groups in total. The van der Waals surface area contributed by atoms with E-state index in [1.165, 1.54) is 7.05 Å². The molecule has 2 aromatic heterocycles. The van der Waals surface area contributed by atoms with Crippen LogP contribution in [-0.4, -0.2) is 69.0 Å². The van der Waals surface area contributed by atoms with Crippen LogP contribution in [0.25, 0.3) is 22.6 Å². The van der Waals surface area contributed by atoms with Crippen LogP contribution in [0.15, 0.2) is 33.9 Å². The van der Waals surface area contributed by atoms with E-state index in [0.717, 1.165) is 61.6 Å². The summed E-state index contributed by atoms with van der Waals surface area (Å²) in [4.78, 5) is 33.1. The van der Waals surface area contributed by atoms with Crippen LogP contribution >= 0.6 is 0 Å². The Bertz CT molecular complexity index is 1100. The molecule has 3 heterocycles. The Morgan fingerprint density at radius 2 is 1.90 bits per heavy atom. The van der Waals surface area contributed by atoms with E-state index in [1.54, 1.807) is 0 Å². The van der Waals surface area contributed by atoms with Gasteiger partial charge in [-0.25, -0.2) is 9.78 Å². The molecule has 0 aliphatic carbocycles. The monoisotopic (exact) mass is 397 g/mol. The number of aromatic nitrogens is 5. The molecule has 0 unspecified atom stereocenters. The molecule has 1 aromatic carbocycles. The molecule has 0 radical (unpaired) electrons. The number of benzene rings is 1. The van der Waals surface area contributed by atoms with Crippen molar-refractivity contribution >= 4 is 16.9 Å². The van der Waals surface area contributed by atoms with E-state index in [1.807, 2.05) is 24.3 Å². The van der Waals surface area contributed by atoms with Crippen molar-refractivity contribution in [2.45, 2.75) is 6.42 Å². The number of hydrogen-bond acceptors (Lipinski definition) is 8. The summed E-state index contributed by atoms with van der Waals surface area (Å²) in [6.45, 7) is 5.60. The fourth-order valence-electron chi connectivity index (χ4n) is 3.22. The summed E-state index contributed by atoms with van der Waals surface area (Å²) in [7, 11) is 1.39. The number of nitrogens with one attached hydrogen (secondary N) is 2. The summed E-state index contributed by atoms with van der Waals surface area (Å²) < 4.78 is 6.32. The molecule has 4 rings (SSSR count). The lowest BCUT2D eigenvalue weighted by Crippen LogP contribution is -2.37. The molecule has 1 aliphatic heterocycles. The predicted octanol–water partition coefficient (Wildman–Crippen LogP) is 0.213. The average molecular weight is 397 g/mol. The van der Waals surface area contributed by atoms with Crippen molar-refractivity contribution < 1.29 is 4.74 Å². The second-order valence-electron chi connectivity index (χ2n) is 6.94. The SMILES string of the molecule is Cn1c(=O)[nH]c2nnc(-c3ccc(NCCCN4CCOCC4)cc3)nc2c1=O. The van der Waals surface area contributed by atoms with Crippen molar-refractivity contribution in [3.63, 3.8) is 0 Å². The largest absolute Gasteiger partial charge is 0.385 e. The van der Waals surface area contributed by atoms with Gasteiger partial charge >= 0.3 is 5.69 Å². The predicted molar refractivity (Wildman–Crippen MR) is 109 cm³/mol. The first-order valence-electron chi connectivity index (χ1n) is 9.60. The third kappa shape index (κ3) is 4.33. The number of morpholine rings is 1. The summed E-state index contributed by atoms with van der Waals surface area (Å²) >= 11 is 0. The number of ether oxygens (including phenoxy) is 1. The minimum Gasteiger partial charge on any atom is -0.385 e. The molecule has 3 aromatic rings. The number of aromatic amines is 1. The highest BCUT2D eigenvalue weighted by molar-refractivity contribution is 5.70. The summed E-state index contributed by atoms with van der Waals surface area (Å²) in [5, 5.41) is 11.4. The highest BCUT2D eigenvalue weighted by atomic mass is 16.5. The molecule has 152 valence electrons. The Kier molecular flexibility index (Phi) is 5.63. The normalized spacial score (nSPS) is 14.9. The van der Waals surface area contributed by atoms with Gasteiger partial charge in [0.2, 0.25) is 0 Å². The third-order valence-corrected chi connectivity index (χ3v) is 4.95. The summed E-state index contributed by atoms with van der Waals surface area (Å²) in [6, 6.07) is 7.65. The maximum atomic E-state index is 12.2. The van der Waals surface area contributed by atoms with Crippen LogP contribution in [0.4, 0.5) is 5.69 Å². The van der Waals surface area contributed by atoms with Gasteiger partial charge in [0.05, 0.1) is 13.2 Å². The van der Waals surface area contributed by atoms with Gasteiger partial charge in [-0.1, -0.05) is 0 Å². The van der Waals surface area contributed by atoms with Gasteiger partial charge in [-0.2, -0.15) is 0 Å². The molecule has 0 saturated carbocycles. The zero-order valence-electron chi connectivity index (χ0n) is 16.2.